The molecule has 0 bridgehead atoms. The molecule has 3 nitrogen and oxygen atoms in total. The normalized spacial score (nSPS) is 29.4. The summed E-state index contributed by atoms with van der Waals surface area (Å²) in [5.41, 5.74) is 0.373. The number of rotatable bonds is 2. The summed E-state index contributed by atoms with van der Waals surface area (Å²) >= 11 is 0. The third kappa shape index (κ3) is 2.58. The molecule has 0 aromatic carbocycles. The highest BCUT2D eigenvalue weighted by molar-refractivity contribution is 5.85. The summed E-state index contributed by atoms with van der Waals surface area (Å²) in [4.78, 5) is 10.5. The van der Waals surface area contributed by atoms with E-state index in [9.17, 15) is 4.79 Å². The zero-order valence-electron chi connectivity index (χ0n) is 7.58. The molecule has 0 aromatic rings. The van der Waals surface area contributed by atoms with Crippen LogP contribution in [0.4, 0.5) is 0 Å². The molecule has 1 saturated heterocycles. The highest BCUT2D eigenvalue weighted by atomic mass is 35.5. The fraction of sp³-hybridized carbons (Fsp3) is 0.889. The first-order valence-electron chi connectivity index (χ1n) is 4.67. The van der Waals surface area contributed by atoms with Crippen molar-refractivity contribution in [2.45, 2.75) is 37.6 Å². The third-order valence-corrected chi connectivity index (χ3v) is 3.05. The highest BCUT2D eigenvalue weighted by Gasteiger charge is 2.45. The molecule has 13 heavy (non-hydrogen) atoms. The van der Waals surface area contributed by atoms with Gasteiger partial charge in [0.05, 0.1) is 0 Å². The number of carboxylic acids is 1. The molecule has 1 spiro atoms. The van der Waals surface area contributed by atoms with Crippen LogP contribution in [0.3, 0.4) is 0 Å². The molecule has 1 unspecified atom stereocenters. The van der Waals surface area contributed by atoms with Gasteiger partial charge in [0.15, 0.2) is 0 Å². The number of carboxylic acid groups (broad SMARTS) is 1. The predicted octanol–water partition coefficient (Wildman–Crippen LogP) is 1.42. The maximum Gasteiger partial charge on any atom is 0.303 e. The Bertz CT molecular complexity index is 204. The molecule has 1 saturated carbocycles. The van der Waals surface area contributed by atoms with E-state index in [-0.39, 0.29) is 12.4 Å². The summed E-state index contributed by atoms with van der Waals surface area (Å²) in [7, 11) is 0. The first kappa shape index (κ1) is 10.8. The van der Waals surface area contributed by atoms with E-state index in [0.29, 0.717) is 17.9 Å². The minimum Gasteiger partial charge on any atom is -0.481 e. The topological polar surface area (TPSA) is 49.3 Å². The van der Waals surface area contributed by atoms with Crippen LogP contribution in [0.15, 0.2) is 0 Å². The zero-order valence-corrected chi connectivity index (χ0v) is 8.40. The van der Waals surface area contributed by atoms with Gasteiger partial charge in [-0.3, -0.25) is 4.79 Å². The van der Waals surface area contributed by atoms with Crippen LogP contribution in [0.5, 0.6) is 0 Å². The van der Waals surface area contributed by atoms with E-state index in [2.05, 4.69) is 5.32 Å². The van der Waals surface area contributed by atoms with Crippen molar-refractivity contribution >= 4 is 18.4 Å². The van der Waals surface area contributed by atoms with Crippen LogP contribution < -0.4 is 5.32 Å². The molecule has 1 aliphatic heterocycles. The Balaban J connectivity index is 0.000000845. The molecule has 2 N–H and O–H groups in total. The lowest BCUT2D eigenvalue weighted by molar-refractivity contribution is -0.138. The minimum atomic E-state index is -0.641. The van der Waals surface area contributed by atoms with E-state index in [1.165, 1.54) is 12.8 Å². The Kier molecular flexibility index (Phi) is 3.19. The van der Waals surface area contributed by atoms with Crippen LogP contribution in [0, 0.1) is 5.92 Å². The molecule has 2 aliphatic rings. The van der Waals surface area contributed by atoms with Crippen LogP contribution in [-0.2, 0) is 4.79 Å². The Labute approximate surface area is 84.3 Å². The SMILES string of the molecule is Cl.O=C(O)CC1CCNC2(CC2)C1. The van der Waals surface area contributed by atoms with Crippen molar-refractivity contribution in [1.82, 2.24) is 5.32 Å². The number of carbonyl (C=O) groups is 1. The molecule has 0 aromatic heterocycles. The van der Waals surface area contributed by atoms with Gasteiger partial charge in [-0.25, -0.2) is 0 Å². The fourth-order valence-corrected chi connectivity index (χ4v) is 2.22. The van der Waals surface area contributed by atoms with E-state index in [0.717, 1.165) is 19.4 Å². The molecule has 76 valence electrons. The molecule has 1 aliphatic carbocycles. The summed E-state index contributed by atoms with van der Waals surface area (Å²) in [6, 6.07) is 0. The number of aliphatic carboxylic acids is 1. The van der Waals surface area contributed by atoms with Crippen molar-refractivity contribution in [2.75, 3.05) is 6.54 Å². The van der Waals surface area contributed by atoms with Gasteiger partial charge < -0.3 is 10.4 Å². The molecule has 2 rings (SSSR count). The average molecular weight is 206 g/mol. The number of hydrogen-bond acceptors (Lipinski definition) is 2. The van der Waals surface area contributed by atoms with Crippen LogP contribution in [0.2, 0.25) is 0 Å². The van der Waals surface area contributed by atoms with E-state index in [4.69, 9.17) is 5.11 Å². The van der Waals surface area contributed by atoms with Gasteiger partial charge in [-0.05, 0) is 38.1 Å². The summed E-state index contributed by atoms with van der Waals surface area (Å²) in [5.74, 6) is -0.219. The Morgan fingerprint density at radius 1 is 1.54 bits per heavy atom. The highest BCUT2D eigenvalue weighted by Crippen LogP contribution is 2.44. The summed E-state index contributed by atoms with van der Waals surface area (Å²) in [6.07, 6.45) is 4.99. The zero-order chi connectivity index (χ0) is 8.60. The van der Waals surface area contributed by atoms with Crippen molar-refractivity contribution in [3.8, 4) is 0 Å². The second kappa shape index (κ2) is 3.84. The van der Waals surface area contributed by atoms with E-state index in [1.807, 2.05) is 0 Å². The lowest BCUT2D eigenvalue weighted by Gasteiger charge is -2.29. The second-order valence-corrected chi connectivity index (χ2v) is 4.16. The largest absolute Gasteiger partial charge is 0.481 e. The molecular formula is C9H16ClNO2. The van der Waals surface area contributed by atoms with Crippen molar-refractivity contribution in [2.24, 2.45) is 5.92 Å². The van der Waals surface area contributed by atoms with Gasteiger partial charge in [0.2, 0.25) is 0 Å². The van der Waals surface area contributed by atoms with Crippen molar-refractivity contribution in [1.29, 1.82) is 0 Å². The standard InChI is InChI=1S/C9H15NO2.ClH/c11-8(12)5-7-1-4-10-9(6-7)2-3-9;/h7,10H,1-6H2,(H,11,12);1H. The summed E-state index contributed by atoms with van der Waals surface area (Å²) in [5, 5.41) is 12.1. The lowest BCUT2D eigenvalue weighted by Crippen LogP contribution is -2.40. The van der Waals surface area contributed by atoms with E-state index < -0.39 is 5.97 Å². The summed E-state index contributed by atoms with van der Waals surface area (Å²) < 4.78 is 0. The van der Waals surface area contributed by atoms with E-state index >= 15 is 0 Å². The fourth-order valence-electron chi connectivity index (χ4n) is 2.22. The summed E-state index contributed by atoms with van der Waals surface area (Å²) in [6.45, 7) is 1.01. The van der Waals surface area contributed by atoms with Gasteiger partial charge in [-0.2, -0.15) is 0 Å². The Morgan fingerprint density at radius 2 is 2.23 bits per heavy atom. The van der Waals surface area contributed by atoms with Crippen LogP contribution in [0.25, 0.3) is 0 Å². The number of nitrogens with one attached hydrogen (secondary N) is 1. The maximum absolute atomic E-state index is 10.5. The van der Waals surface area contributed by atoms with Crippen LogP contribution in [0.1, 0.15) is 32.1 Å². The van der Waals surface area contributed by atoms with E-state index in [1.54, 1.807) is 0 Å². The molecular weight excluding hydrogens is 190 g/mol. The molecule has 0 amide bonds. The first-order valence-corrected chi connectivity index (χ1v) is 4.67. The minimum absolute atomic E-state index is 0. The molecule has 4 heteroatoms. The molecule has 1 heterocycles. The van der Waals surface area contributed by atoms with Crippen LogP contribution in [-0.4, -0.2) is 23.2 Å². The number of piperidine rings is 1. The Morgan fingerprint density at radius 3 is 2.77 bits per heavy atom. The van der Waals surface area contributed by atoms with Crippen molar-refractivity contribution in [3.63, 3.8) is 0 Å². The monoisotopic (exact) mass is 205 g/mol. The second-order valence-electron chi connectivity index (χ2n) is 4.16. The third-order valence-electron chi connectivity index (χ3n) is 3.05. The molecule has 0 radical (unpaired) electrons. The van der Waals surface area contributed by atoms with Gasteiger partial charge in [0.25, 0.3) is 0 Å². The van der Waals surface area contributed by atoms with Crippen LogP contribution >= 0.6 is 12.4 Å². The maximum atomic E-state index is 10.5. The predicted molar refractivity (Wildman–Crippen MR) is 52.2 cm³/mol. The van der Waals surface area contributed by atoms with Gasteiger partial charge in [0.1, 0.15) is 0 Å². The van der Waals surface area contributed by atoms with Crippen molar-refractivity contribution < 1.29 is 9.90 Å². The first-order chi connectivity index (χ1) is 5.70. The van der Waals surface area contributed by atoms with Gasteiger partial charge in [-0.1, -0.05) is 0 Å². The van der Waals surface area contributed by atoms with Gasteiger partial charge in [0, 0.05) is 12.0 Å². The molecule has 2 fully saturated rings. The molecule has 1 atom stereocenters. The van der Waals surface area contributed by atoms with Gasteiger partial charge in [-0.15, -0.1) is 12.4 Å². The van der Waals surface area contributed by atoms with Crippen molar-refractivity contribution in [3.05, 3.63) is 0 Å². The smallest absolute Gasteiger partial charge is 0.303 e. The number of hydrogen-bond donors (Lipinski definition) is 2. The number of halogens is 1. The average Bonchev–Trinajstić information content (AvgIpc) is 2.68. The Hall–Kier alpha value is -0.280. The van der Waals surface area contributed by atoms with Gasteiger partial charge >= 0.3 is 5.97 Å². The quantitative estimate of drug-likeness (QED) is 0.717. The lowest BCUT2D eigenvalue weighted by atomic mass is 9.88.